The van der Waals surface area contributed by atoms with Gasteiger partial charge in [-0.05, 0) is 97.8 Å². The maximum atomic E-state index is 12.6. The van der Waals surface area contributed by atoms with Gasteiger partial charge in [0.1, 0.15) is 47.1 Å². The van der Waals surface area contributed by atoms with Gasteiger partial charge in [0, 0.05) is 72.1 Å². The van der Waals surface area contributed by atoms with Crippen molar-refractivity contribution in [3.63, 3.8) is 0 Å². The van der Waals surface area contributed by atoms with E-state index in [9.17, 15) is 79.2 Å². The molecule has 4 aromatic rings. The molecule has 3 aliphatic heterocycles. The SMILES string of the molecule is COCCN1/C(=C/C=C/C=C/C2=[N+](CCOCCOCCOCCOCCOCCC(=O)ON3C(=O)CCC3=O)c3ccc4c(S(=O)(=O)[O-])cc(S(=O)(=O)[O-])cc4c3C2(C)C)C(C)(CCCS(=O)(=O)[O-])c2c1ccc1c(S(=O)(=O)[O-])cc(S(=O)(=O)[O-])cc21. The topological polar surface area (TPSA) is 411 Å². The van der Waals surface area contributed by atoms with Gasteiger partial charge in [0.05, 0.1) is 108 Å². The van der Waals surface area contributed by atoms with E-state index in [1.807, 2.05) is 4.58 Å². The second kappa shape index (κ2) is 28.5. The van der Waals surface area contributed by atoms with Crippen LogP contribution < -0.4 is 4.90 Å². The van der Waals surface area contributed by atoms with Crippen molar-refractivity contribution in [3.8, 4) is 0 Å². The van der Waals surface area contributed by atoms with Crippen molar-refractivity contribution in [3.05, 3.63) is 95.7 Å². The molecule has 1 fully saturated rings. The number of benzene rings is 4. The summed E-state index contributed by atoms with van der Waals surface area (Å²) in [6.45, 7) is 7.07. The molecule has 0 bridgehead atoms. The number of fused-ring (bicyclic) bond motifs is 6. The highest BCUT2D eigenvalue weighted by Crippen LogP contribution is 2.54. The molecular weight excluding hydrogens is 1260 g/mol. The van der Waals surface area contributed by atoms with E-state index in [-0.39, 0.29) is 145 Å². The number of anilines is 1. The van der Waals surface area contributed by atoms with E-state index in [4.69, 9.17) is 33.3 Å². The molecule has 2 amide bonds. The highest BCUT2D eigenvalue weighted by atomic mass is 32.2. The monoisotopic (exact) mass is 1330 g/mol. The number of methoxy groups -OCH3 is 1. The molecule has 88 heavy (non-hydrogen) atoms. The fourth-order valence-corrected chi connectivity index (χ4v) is 13.9. The number of amides is 2. The van der Waals surface area contributed by atoms with Crippen LogP contribution in [0.15, 0.2) is 104 Å². The maximum Gasteiger partial charge on any atom is 0.335 e. The van der Waals surface area contributed by atoms with Gasteiger partial charge >= 0.3 is 5.97 Å². The Morgan fingerprint density at radius 2 is 1.10 bits per heavy atom. The summed E-state index contributed by atoms with van der Waals surface area (Å²) in [5, 5.41) is -0.00545. The number of hydrogen-bond donors (Lipinski definition) is 0. The lowest BCUT2D eigenvalue weighted by atomic mass is 9.75. The van der Waals surface area contributed by atoms with E-state index in [2.05, 4.69) is 0 Å². The molecule has 0 spiro atoms. The van der Waals surface area contributed by atoms with Crippen LogP contribution in [0, 0.1) is 0 Å². The van der Waals surface area contributed by atoms with E-state index >= 15 is 0 Å². The quantitative estimate of drug-likeness (QED) is 0.0217. The summed E-state index contributed by atoms with van der Waals surface area (Å²) >= 11 is 0. The lowest BCUT2D eigenvalue weighted by Gasteiger charge is -2.31. The summed E-state index contributed by atoms with van der Waals surface area (Å²) in [5.74, 6) is -2.76. The third-order valence-corrected chi connectivity index (χ3v) is 18.8. The third kappa shape index (κ3) is 16.7. The van der Waals surface area contributed by atoms with Crippen LogP contribution in [0.25, 0.3) is 21.5 Å². The first kappa shape index (κ1) is 69.5. The van der Waals surface area contributed by atoms with Crippen LogP contribution in [0.3, 0.4) is 0 Å². The van der Waals surface area contributed by atoms with E-state index in [1.165, 1.54) is 25.3 Å². The molecule has 1 saturated heterocycles. The first-order chi connectivity index (χ1) is 41.2. The normalized spacial score (nSPS) is 17.9. The zero-order chi connectivity index (χ0) is 64.6. The standard InChI is InChI=1S/C55H67N3O25S5/c1-54(2)47(9-6-5-7-10-48-55(3,18-8-32-84(62,63)64)53-42-34-38(86(68,69)70)36-46(88(74,75)76)40(42)12-14-44(53)57(48)19-22-77-4)56(43-13-11-39-41(52(43)54)33-37(85(65,66)67)35-45(39)87(71,72)73)20-23-79-25-27-81-29-31-82-30-28-80-26-24-78-21-17-51(61)83-58-49(59)15-16-50(58)60/h5-7,9-14,33-36H,8,15-32H2,1-4H3,(H4-,62,63,64,65,66,67,68,69,70,71,72,73,74,75,76)/p-4. The maximum absolute atomic E-state index is 12.6. The van der Waals surface area contributed by atoms with Gasteiger partial charge in [-0.15, -0.1) is 5.06 Å². The Hall–Kier alpha value is -5.99. The average Bonchev–Trinajstić information content (AvgIpc) is 1.77. The van der Waals surface area contributed by atoms with E-state index in [0.717, 1.165) is 12.1 Å². The number of rotatable bonds is 33. The predicted molar refractivity (Wildman–Crippen MR) is 305 cm³/mol. The average molecular weight is 1330 g/mol. The summed E-state index contributed by atoms with van der Waals surface area (Å²) in [7, 11) is -24.8. The number of hydrogen-bond acceptors (Lipinski definition) is 26. The number of nitrogens with zero attached hydrogens (tertiary/aromatic N) is 3. The van der Waals surface area contributed by atoms with Crippen LogP contribution in [-0.4, -0.2) is 197 Å². The highest BCUT2D eigenvalue weighted by molar-refractivity contribution is 7.87. The van der Waals surface area contributed by atoms with Gasteiger partial charge in [0.2, 0.25) is 5.69 Å². The van der Waals surface area contributed by atoms with Gasteiger partial charge < -0.3 is 60.9 Å². The van der Waals surface area contributed by atoms with Crippen molar-refractivity contribution in [2.75, 3.05) is 104 Å². The number of allylic oxidation sites excluding steroid dienone is 6. The molecule has 1 unspecified atom stereocenters. The van der Waals surface area contributed by atoms with Crippen LogP contribution in [0.4, 0.5) is 11.4 Å². The first-order valence-corrected chi connectivity index (χ1v) is 34.3. The summed E-state index contributed by atoms with van der Waals surface area (Å²) in [6.07, 6.45) is 7.59. The van der Waals surface area contributed by atoms with Crippen LogP contribution in [0.2, 0.25) is 0 Å². The van der Waals surface area contributed by atoms with Gasteiger partial charge in [0.15, 0.2) is 12.3 Å². The Bertz CT molecular complexity index is 4050. The lowest BCUT2D eigenvalue weighted by Crippen LogP contribution is -2.32. The van der Waals surface area contributed by atoms with Crippen molar-refractivity contribution < 1.29 is 117 Å². The minimum Gasteiger partial charge on any atom is -0.748 e. The lowest BCUT2D eigenvalue weighted by molar-refractivity contribution is -0.442. The van der Waals surface area contributed by atoms with Crippen LogP contribution in [-0.2, 0) is 109 Å². The summed E-state index contributed by atoms with van der Waals surface area (Å²) in [4.78, 5) is 37.7. The molecule has 0 aliphatic carbocycles. The molecule has 0 N–H and O–H groups in total. The summed E-state index contributed by atoms with van der Waals surface area (Å²) in [6, 6.07) is 8.62. The van der Waals surface area contributed by atoms with Gasteiger partial charge in [-0.3, -0.25) is 9.59 Å². The third-order valence-electron chi connectivity index (χ3n) is 14.7. The van der Waals surface area contributed by atoms with Crippen LogP contribution in [0.5, 0.6) is 0 Å². The molecule has 33 heteroatoms. The molecule has 4 aromatic carbocycles. The fraction of sp³-hybridized carbons (Fsp3) is 0.455. The largest absolute Gasteiger partial charge is 0.748 e. The van der Waals surface area contributed by atoms with Gasteiger partial charge in [-0.1, -0.05) is 24.3 Å². The van der Waals surface area contributed by atoms with Gasteiger partial charge in [-0.2, -0.15) is 4.58 Å². The van der Waals surface area contributed by atoms with Crippen molar-refractivity contribution in [1.29, 1.82) is 0 Å². The summed E-state index contributed by atoms with van der Waals surface area (Å²) < 4.78 is 221. The molecule has 1 atom stereocenters. The first-order valence-electron chi connectivity index (χ1n) is 27.1. The Morgan fingerprint density at radius 1 is 0.602 bits per heavy atom. The molecular formula is C55H63N3O25S5-4. The van der Waals surface area contributed by atoms with Crippen LogP contribution >= 0.6 is 0 Å². The molecule has 0 aromatic heterocycles. The number of ether oxygens (including phenoxy) is 6. The summed E-state index contributed by atoms with van der Waals surface area (Å²) in [5.41, 5.74) is -0.179. The van der Waals surface area contributed by atoms with E-state index < -0.39 is 105 Å². The molecule has 7 rings (SSSR count). The second-order valence-electron chi connectivity index (χ2n) is 20.9. The van der Waals surface area contributed by atoms with Gasteiger partial charge in [-0.25, -0.2) is 46.9 Å². The van der Waals surface area contributed by atoms with Crippen molar-refractivity contribution >= 4 is 107 Å². The smallest absolute Gasteiger partial charge is 0.335 e. The Labute approximate surface area is 509 Å². The van der Waals surface area contributed by atoms with E-state index in [0.29, 0.717) is 45.5 Å². The van der Waals surface area contributed by atoms with Crippen LogP contribution in [0.1, 0.15) is 64.0 Å². The number of carbonyl (C=O) groups excluding carboxylic acids is 3. The Balaban J connectivity index is 1.09. The minimum absolute atomic E-state index is 0.000855. The Kier molecular flexibility index (Phi) is 22.5. The molecule has 482 valence electrons. The fourth-order valence-electron chi connectivity index (χ4n) is 10.8. The zero-order valence-corrected chi connectivity index (χ0v) is 52.1. The highest BCUT2D eigenvalue weighted by Gasteiger charge is 2.47. The van der Waals surface area contributed by atoms with Crippen molar-refractivity contribution in [1.82, 2.24) is 5.06 Å². The number of imide groups is 1. The second-order valence-corrected chi connectivity index (χ2v) is 27.9. The van der Waals surface area contributed by atoms with E-state index in [1.54, 1.807) is 62.1 Å². The van der Waals surface area contributed by atoms with Crippen molar-refractivity contribution in [2.24, 2.45) is 0 Å². The minimum atomic E-state index is -5.41. The molecule has 28 nitrogen and oxygen atoms in total. The predicted octanol–water partition coefficient (Wildman–Crippen LogP) is 2.81. The molecule has 3 aliphatic rings. The number of hydroxylamine groups is 2. The molecule has 3 heterocycles. The Morgan fingerprint density at radius 3 is 1.60 bits per heavy atom. The number of carbonyl (C=O) groups is 3. The van der Waals surface area contributed by atoms with Gasteiger partial charge in [0.25, 0.3) is 11.8 Å². The zero-order valence-electron chi connectivity index (χ0n) is 48.0. The molecule has 0 radical (unpaired) electrons. The molecule has 0 saturated carbocycles. The van der Waals surface area contributed by atoms with Crippen molar-refractivity contribution in [2.45, 2.75) is 83.3 Å².